The first-order chi connectivity index (χ1) is 11.2. The van der Waals surface area contributed by atoms with E-state index in [1.54, 1.807) is 7.11 Å². The summed E-state index contributed by atoms with van der Waals surface area (Å²) >= 11 is 0. The van der Waals surface area contributed by atoms with E-state index in [1.165, 1.54) is 5.56 Å². The van der Waals surface area contributed by atoms with Gasteiger partial charge < -0.3 is 9.64 Å². The van der Waals surface area contributed by atoms with E-state index in [0.717, 1.165) is 37.1 Å². The fourth-order valence-electron chi connectivity index (χ4n) is 3.32. The predicted molar refractivity (Wildman–Crippen MR) is 91.9 cm³/mol. The van der Waals surface area contributed by atoms with Gasteiger partial charge in [0, 0.05) is 18.2 Å². The first-order valence-corrected chi connectivity index (χ1v) is 8.18. The largest absolute Gasteiger partial charge is 0.496 e. The van der Waals surface area contributed by atoms with Crippen LogP contribution in [0.15, 0.2) is 48.5 Å². The van der Waals surface area contributed by atoms with Gasteiger partial charge in [-0.2, -0.15) is 0 Å². The average molecular weight is 309 g/mol. The lowest BCUT2D eigenvalue weighted by Crippen LogP contribution is -2.36. The maximum absolute atomic E-state index is 12.9. The van der Waals surface area contributed by atoms with E-state index in [9.17, 15) is 4.79 Å². The molecule has 120 valence electrons. The molecule has 1 atom stereocenters. The minimum atomic E-state index is 0.113. The Morgan fingerprint density at radius 3 is 2.74 bits per heavy atom. The summed E-state index contributed by atoms with van der Waals surface area (Å²) in [6, 6.07) is 16.4. The number of carbonyl (C=O) groups is 1. The van der Waals surface area contributed by atoms with Crippen molar-refractivity contribution < 1.29 is 9.53 Å². The minimum Gasteiger partial charge on any atom is -0.496 e. The second-order valence-corrected chi connectivity index (χ2v) is 6.17. The molecule has 2 aromatic rings. The van der Waals surface area contributed by atoms with Crippen LogP contribution in [0.3, 0.4) is 0 Å². The van der Waals surface area contributed by atoms with Crippen molar-refractivity contribution in [3.63, 3.8) is 0 Å². The Bertz CT molecular complexity index is 681. The van der Waals surface area contributed by atoms with E-state index in [1.807, 2.05) is 36.1 Å². The van der Waals surface area contributed by atoms with E-state index in [4.69, 9.17) is 4.74 Å². The monoisotopic (exact) mass is 309 g/mol. The fourth-order valence-corrected chi connectivity index (χ4v) is 3.32. The highest BCUT2D eigenvalue weighted by Crippen LogP contribution is 2.26. The van der Waals surface area contributed by atoms with Gasteiger partial charge in [-0.05, 0) is 49.4 Å². The number of rotatable bonds is 4. The van der Waals surface area contributed by atoms with E-state index in [-0.39, 0.29) is 11.9 Å². The van der Waals surface area contributed by atoms with Crippen molar-refractivity contribution in [1.82, 2.24) is 4.90 Å². The number of aryl methyl sites for hydroxylation is 1. The molecule has 0 aliphatic carbocycles. The third-order valence-corrected chi connectivity index (χ3v) is 4.61. The smallest absolute Gasteiger partial charge is 0.254 e. The van der Waals surface area contributed by atoms with Gasteiger partial charge in [0.05, 0.1) is 7.11 Å². The average Bonchev–Trinajstić information content (AvgIpc) is 3.03. The van der Waals surface area contributed by atoms with E-state index in [2.05, 4.69) is 24.3 Å². The Kier molecular flexibility index (Phi) is 4.65. The number of hydrogen-bond acceptors (Lipinski definition) is 2. The molecule has 0 aromatic heterocycles. The summed E-state index contributed by atoms with van der Waals surface area (Å²) in [6.45, 7) is 2.83. The van der Waals surface area contributed by atoms with Gasteiger partial charge in [-0.1, -0.05) is 36.4 Å². The molecule has 23 heavy (non-hydrogen) atoms. The number of methoxy groups -OCH3 is 1. The first-order valence-electron chi connectivity index (χ1n) is 8.18. The van der Waals surface area contributed by atoms with E-state index >= 15 is 0 Å². The summed E-state index contributed by atoms with van der Waals surface area (Å²) in [6.07, 6.45) is 3.07. The third-order valence-electron chi connectivity index (χ3n) is 4.61. The summed E-state index contributed by atoms with van der Waals surface area (Å²) in [7, 11) is 1.64. The number of nitrogens with zero attached hydrogens (tertiary/aromatic N) is 1. The maximum atomic E-state index is 12.9. The van der Waals surface area contributed by atoms with Crippen molar-refractivity contribution in [1.29, 1.82) is 0 Å². The van der Waals surface area contributed by atoms with Crippen LogP contribution in [0.4, 0.5) is 0 Å². The van der Waals surface area contributed by atoms with Gasteiger partial charge in [-0.15, -0.1) is 0 Å². The van der Waals surface area contributed by atoms with Crippen LogP contribution in [0, 0.1) is 6.92 Å². The molecule has 1 saturated heterocycles. The quantitative estimate of drug-likeness (QED) is 0.858. The Hall–Kier alpha value is -2.29. The van der Waals surface area contributed by atoms with Gasteiger partial charge >= 0.3 is 0 Å². The highest BCUT2D eigenvalue weighted by atomic mass is 16.5. The van der Waals surface area contributed by atoms with Crippen molar-refractivity contribution in [2.75, 3.05) is 13.7 Å². The molecular formula is C20H23NO2. The molecule has 1 heterocycles. The van der Waals surface area contributed by atoms with E-state index < -0.39 is 0 Å². The molecule has 2 aromatic carbocycles. The summed E-state index contributed by atoms with van der Waals surface area (Å²) < 4.78 is 5.35. The van der Waals surface area contributed by atoms with Crippen LogP contribution < -0.4 is 4.74 Å². The van der Waals surface area contributed by atoms with Gasteiger partial charge in [-0.3, -0.25) is 4.79 Å². The Morgan fingerprint density at radius 1 is 1.22 bits per heavy atom. The third kappa shape index (κ3) is 3.39. The summed E-state index contributed by atoms with van der Waals surface area (Å²) in [5.41, 5.74) is 3.05. The van der Waals surface area contributed by atoms with Crippen LogP contribution in [-0.2, 0) is 6.42 Å². The molecule has 3 heteroatoms. The molecule has 0 saturated carbocycles. The van der Waals surface area contributed by atoms with Crippen molar-refractivity contribution >= 4 is 5.91 Å². The molecule has 3 rings (SSSR count). The lowest BCUT2D eigenvalue weighted by molar-refractivity contribution is 0.0736. The summed E-state index contributed by atoms with van der Waals surface area (Å²) in [4.78, 5) is 14.9. The van der Waals surface area contributed by atoms with Crippen LogP contribution in [0.5, 0.6) is 5.75 Å². The summed E-state index contributed by atoms with van der Waals surface area (Å²) in [5, 5.41) is 0. The number of benzene rings is 2. The number of carbonyl (C=O) groups excluding carboxylic acids is 1. The number of likely N-dealkylation sites (tertiary alicyclic amines) is 1. The minimum absolute atomic E-state index is 0.113. The molecule has 1 aliphatic heterocycles. The lowest BCUT2D eigenvalue weighted by Gasteiger charge is -2.25. The molecule has 0 N–H and O–H groups in total. The highest BCUT2D eigenvalue weighted by Gasteiger charge is 2.29. The predicted octanol–water partition coefficient (Wildman–Crippen LogP) is 3.85. The molecule has 3 nitrogen and oxygen atoms in total. The molecule has 1 unspecified atom stereocenters. The molecule has 1 amide bonds. The van der Waals surface area contributed by atoms with Crippen molar-refractivity contribution in [3.05, 3.63) is 65.2 Å². The molecule has 0 spiro atoms. The van der Waals surface area contributed by atoms with E-state index in [0.29, 0.717) is 5.56 Å². The van der Waals surface area contributed by atoms with Crippen LogP contribution >= 0.6 is 0 Å². The molecular weight excluding hydrogens is 286 g/mol. The van der Waals surface area contributed by atoms with Crippen LogP contribution in [0.2, 0.25) is 0 Å². The van der Waals surface area contributed by atoms with Gasteiger partial charge in [-0.25, -0.2) is 0 Å². The topological polar surface area (TPSA) is 29.5 Å². The van der Waals surface area contributed by atoms with Gasteiger partial charge in [0.2, 0.25) is 0 Å². The highest BCUT2D eigenvalue weighted by molar-refractivity contribution is 5.95. The first kappa shape index (κ1) is 15.6. The Labute approximate surface area is 137 Å². The molecule has 0 bridgehead atoms. The zero-order valence-electron chi connectivity index (χ0n) is 13.8. The second kappa shape index (κ2) is 6.86. The standard InChI is InChI=1S/C20H23NO2/c1-15-10-11-17(14-19(15)23-2)20(22)21-12-6-9-18(21)13-16-7-4-3-5-8-16/h3-5,7-8,10-11,14,18H,6,9,12-13H2,1-2H3. The van der Waals surface area contributed by atoms with Crippen molar-refractivity contribution in [2.45, 2.75) is 32.2 Å². The molecule has 0 radical (unpaired) electrons. The van der Waals surface area contributed by atoms with Crippen LogP contribution in [0.25, 0.3) is 0 Å². The number of amides is 1. The van der Waals surface area contributed by atoms with Gasteiger partial charge in [0.25, 0.3) is 5.91 Å². The van der Waals surface area contributed by atoms with Crippen LogP contribution in [0.1, 0.15) is 34.3 Å². The van der Waals surface area contributed by atoms with Crippen molar-refractivity contribution in [2.24, 2.45) is 0 Å². The van der Waals surface area contributed by atoms with Gasteiger partial charge in [0.1, 0.15) is 5.75 Å². The molecule has 1 fully saturated rings. The van der Waals surface area contributed by atoms with Gasteiger partial charge in [0.15, 0.2) is 0 Å². The Morgan fingerprint density at radius 2 is 2.00 bits per heavy atom. The fraction of sp³-hybridized carbons (Fsp3) is 0.350. The lowest BCUT2D eigenvalue weighted by atomic mass is 10.0. The zero-order valence-corrected chi connectivity index (χ0v) is 13.8. The SMILES string of the molecule is COc1cc(C(=O)N2CCCC2Cc2ccccc2)ccc1C. The zero-order chi connectivity index (χ0) is 16.2. The van der Waals surface area contributed by atoms with Crippen LogP contribution in [-0.4, -0.2) is 30.5 Å². The second-order valence-electron chi connectivity index (χ2n) is 6.17. The Balaban J connectivity index is 1.78. The maximum Gasteiger partial charge on any atom is 0.254 e. The molecule has 1 aliphatic rings. The van der Waals surface area contributed by atoms with Crippen molar-refractivity contribution in [3.8, 4) is 5.75 Å². The summed E-state index contributed by atoms with van der Waals surface area (Å²) in [5.74, 6) is 0.886. The number of ether oxygens (including phenoxy) is 1. The normalized spacial score (nSPS) is 17.3. The number of hydrogen-bond donors (Lipinski definition) is 0.